The number of halogens is 2. The molecule has 0 unspecified atom stereocenters. The van der Waals surface area contributed by atoms with E-state index in [1.807, 2.05) is 13.0 Å². The van der Waals surface area contributed by atoms with Gasteiger partial charge in [0.25, 0.3) is 5.56 Å². The monoisotopic (exact) mass is 270 g/mol. The van der Waals surface area contributed by atoms with Crippen LogP contribution >= 0.6 is 23.2 Å². The number of aromatic amines is 1. The van der Waals surface area contributed by atoms with Crippen molar-refractivity contribution in [1.82, 2.24) is 9.78 Å². The van der Waals surface area contributed by atoms with Crippen LogP contribution < -0.4 is 5.56 Å². The van der Waals surface area contributed by atoms with Crippen LogP contribution in [0.15, 0.2) is 23.0 Å². The van der Waals surface area contributed by atoms with Crippen LogP contribution in [0.5, 0.6) is 0 Å². The van der Waals surface area contributed by atoms with E-state index in [0.717, 1.165) is 16.8 Å². The Labute approximate surface area is 109 Å². The van der Waals surface area contributed by atoms with Crippen molar-refractivity contribution >= 4 is 23.2 Å². The number of nitrogens with zero attached hydrogens (tertiary/aromatic N) is 1. The summed E-state index contributed by atoms with van der Waals surface area (Å²) in [4.78, 5) is 11.8. The van der Waals surface area contributed by atoms with Gasteiger partial charge in [-0.05, 0) is 31.5 Å². The van der Waals surface area contributed by atoms with Gasteiger partial charge < -0.3 is 0 Å². The lowest BCUT2D eigenvalue weighted by atomic mass is 10.2. The van der Waals surface area contributed by atoms with E-state index in [1.54, 1.807) is 23.7 Å². The van der Waals surface area contributed by atoms with E-state index in [9.17, 15) is 4.79 Å². The molecule has 5 heteroatoms. The Morgan fingerprint density at radius 3 is 2.47 bits per heavy atom. The van der Waals surface area contributed by atoms with Gasteiger partial charge in [0.05, 0.1) is 16.6 Å². The molecule has 90 valence electrons. The molecule has 0 aliphatic carbocycles. The molecule has 0 aliphatic rings. The summed E-state index contributed by atoms with van der Waals surface area (Å²) < 4.78 is 1.56. The van der Waals surface area contributed by atoms with Crippen molar-refractivity contribution in [3.63, 3.8) is 0 Å². The zero-order chi connectivity index (χ0) is 12.6. The maximum absolute atomic E-state index is 11.8. The van der Waals surface area contributed by atoms with Crippen LogP contribution in [-0.4, -0.2) is 9.78 Å². The molecule has 3 nitrogen and oxygen atoms in total. The molecule has 0 amide bonds. The summed E-state index contributed by atoms with van der Waals surface area (Å²) >= 11 is 11.8. The normalized spacial score (nSPS) is 10.8. The Kier molecular flexibility index (Phi) is 3.31. The third-order valence-corrected chi connectivity index (χ3v) is 3.49. The van der Waals surface area contributed by atoms with Crippen molar-refractivity contribution in [2.24, 2.45) is 0 Å². The van der Waals surface area contributed by atoms with Crippen LogP contribution in [-0.2, 0) is 6.54 Å². The summed E-state index contributed by atoms with van der Waals surface area (Å²) in [5, 5.41) is 4.04. The predicted octanol–water partition coefficient (Wildman–Crippen LogP) is 3.15. The van der Waals surface area contributed by atoms with Crippen molar-refractivity contribution in [2.45, 2.75) is 20.4 Å². The van der Waals surface area contributed by atoms with Gasteiger partial charge in [-0.2, -0.15) is 0 Å². The third-order valence-electron chi connectivity index (χ3n) is 2.76. The molecule has 0 spiro atoms. The summed E-state index contributed by atoms with van der Waals surface area (Å²) in [6, 6.07) is 5.35. The van der Waals surface area contributed by atoms with Crippen LogP contribution in [0.2, 0.25) is 10.0 Å². The third kappa shape index (κ3) is 2.40. The number of hydrogen-bond donors (Lipinski definition) is 1. The lowest BCUT2D eigenvalue weighted by Gasteiger charge is -2.03. The number of aromatic nitrogens is 2. The minimum atomic E-state index is -0.00595. The highest BCUT2D eigenvalue weighted by Crippen LogP contribution is 2.22. The average molecular weight is 271 g/mol. The van der Waals surface area contributed by atoms with E-state index in [-0.39, 0.29) is 5.56 Å². The van der Waals surface area contributed by atoms with Gasteiger partial charge in [-0.15, -0.1) is 0 Å². The van der Waals surface area contributed by atoms with Gasteiger partial charge in [-0.1, -0.05) is 29.3 Å². The van der Waals surface area contributed by atoms with Gasteiger partial charge >= 0.3 is 0 Å². The summed E-state index contributed by atoms with van der Waals surface area (Å²) in [7, 11) is 0. The van der Waals surface area contributed by atoms with Crippen LogP contribution in [0.4, 0.5) is 0 Å². The SMILES string of the molecule is Cc1[nH]n(Cc2ccc(Cl)c(Cl)c2)c(=O)c1C. The van der Waals surface area contributed by atoms with Crippen molar-refractivity contribution in [2.75, 3.05) is 0 Å². The van der Waals surface area contributed by atoms with E-state index in [2.05, 4.69) is 5.10 Å². The molecular weight excluding hydrogens is 259 g/mol. The molecule has 0 radical (unpaired) electrons. The molecule has 0 atom stereocenters. The second-order valence-electron chi connectivity index (χ2n) is 4.00. The van der Waals surface area contributed by atoms with Crippen molar-refractivity contribution < 1.29 is 0 Å². The molecule has 0 fully saturated rings. The molecule has 1 aromatic carbocycles. The second kappa shape index (κ2) is 4.59. The fourth-order valence-electron chi connectivity index (χ4n) is 1.63. The topological polar surface area (TPSA) is 37.8 Å². The number of aryl methyl sites for hydroxylation is 1. The molecule has 1 aromatic heterocycles. The molecule has 2 aromatic rings. The van der Waals surface area contributed by atoms with Crippen LogP contribution in [0, 0.1) is 13.8 Å². The first-order chi connectivity index (χ1) is 7.99. The van der Waals surface area contributed by atoms with Gasteiger partial charge in [0, 0.05) is 11.3 Å². The fourth-order valence-corrected chi connectivity index (χ4v) is 1.95. The molecule has 1 N–H and O–H groups in total. The smallest absolute Gasteiger partial charge is 0.269 e. The zero-order valence-corrected chi connectivity index (χ0v) is 11.1. The number of rotatable bonds is 2. The van der Waals surface area contributed by atoms with E-state index in [4.69, 9.17) is 23.2 Å². The Morgan fingerprint density at radius 2 is 1.94 bits per heavy atom. The zero-order valence-electron chi connectivity index (χ0n) is 9.55. The van der Waals surface area contributed by atoms with Gasteiger partial charge in [-0.3, -0.25) is 9.89 Å². The maximum atomic E-state index is 11.8. The minimum absolute atomic E-state index is 0.00595. The molecule has 0 saturated heterocycles. The van der Waals surface area contributed by atoms with E-state index >= 15 is 0 Å². The fraction of sp³-hybridized carbons (Fsp3) is 0.250. The number of benzene rings is 1. The van der Waals surface area contributed by atoms with Gasteiger partial charge in [0.15, 0.2) is 0 Å². The molecule has 0 bridgehead atoms. The summed E-state index contributed by atoms with van der Waals surface area (Å²) in [5.41, 5.74) is 2.55. The summed E-state index contributed by atoms with van der Waals surface area (Å²) in [6.45, 7) is 4.14. The van der Waals surface area contributed by atoms with Gasteiger partial charge in [-0.25, -0.2) is 4.68 Å². The molecule has 17 heavy (non-hydrogen) atoms. The highest BCUT2D eigenvalue weighted by molar-refractivity contribution is 6.42. The molecular formula is C12H12Cl2N2O. The first-order valence-electron chi connectivity index (χ1n) is 5.19. The Morgan fingerprint density at radius 1 is 1.24 bits per heavy atom. The Hall–Kier alpha value is -1.19. The van der Waals surface area contributed by atoms with Crippen LogP contribution in [0.3, 0.4) is 0 Å². The number of nitrogens with one attached hydrogen (secondary N) is 1. The second-order valence-corrected chi connectivity index (χ2v) is 4.82. The highest BCUT2D eigenvalue weighted by Gasteiger charge is 2.07. The molecule has 0 saturated carbocycles. The quantitative estimate of drug-likeness (QED) is 0.895. The van der Waals surface area contributed by atoms with E-state index < -0.39 is 0 Å². The standard InChI is InChI=1S/C12H12Cl2N2O/c1-7-8(2)15-16(12(7)17)6-9-3-4-10(13)11(14)5-9/h3-5,15H,6H2,1-2H3. The van der Waals surface area contributed by atoms with E-state index in [1.165, 1.54) is 0 Å². The molecule has 0 aliphatic heterocycles. The highest BCUT2D eigenvalue weighted by atomic mass is 35.5. The Bertz CT molecular complexity index is 613. The maximum Gasteiger partial charge on any atom is 0.269 e. The minimum Gasteiger partial charge on any atom is -0.299 e. The largest absolute Gasteiger partial charge is 0.299 e. The van der Waals surface area contributed by atoms with Crippen LogP contribution in [0.1, 0.15) is 16.8 Å². The number of H-pyrrole nitrogens is 1. The van der Waals surface area contributed by atoms with E-state index in [0.29, 0.717) is 16.6 Å². The first-order valence-corrected chi connectivity index (χ1v) is 5.94. The van der Waals surface area contributed by atoms with Crippen molar-refractivity contribution in [3.05, 3.63) is 55.4 Å². The summed E-state index contributed by atoms with van der Waals surface area (Å²) in [5.74, 6) is 0. The number of hydrogen-bond acceptors (Lipinski definition) is 1. The predicted molar refractivity (Wildman–Crippen MR) is 70.1 cm³/mol. The average Bonchev–Trinajstić information content (AvgIpc) is 2.52. The lowest BCUT2D eigenvalue weighted by molar-refractivity contribution is 0.657. The van der Waals surface area contributed by atoms with Crippen LogP contribution in [0.25, 0.3) is 0 Å². The molecule has 2 rings (SSSR count). The Balaban J connectivity index is 2.35. The first kappa shape index (κ1) is 12.3. The molecule has 1 heterocycles. The van der Waals surface area contributed by atoms with Crippen molar-refractivity contribution in [3.8, 4) is 0 Å². The van der Waals surface area contributed by atoms with Gasteiger partial charge in [0.1, 0.15) is 0 Å². The summed E-state index contributed by atoms with van der Waals surface area (Å²) in [6.07, 6.45) is 0. The lowest BCUT2D eigenvalue weighted by Crippen LogP contribution is -2.18. The van der Waals surface area contributed by atoms with Gasteiger partial charge in [0.2, 0.25) is 0 Å². The van der Waals surface area contributed by atoms with Crippen molar-refractivity contribution in [1.29, 1.82) is 0 Å².